The van der Waals surface area contributed by atoms with Crippen LogP contribution in [0.4, 0.5) is 0 Å². The molecule has 0 aliphatic carbocycles. The molecule has 0 aliphatic rings. The molecule has 1 heterocycles. The zero-order valence-electron chi connectivity index (χ0n) is 4.54. The molecule has 5 nitrogen and oxygen atoms in total. The maximum Gasteiger partial charge on any atom is 0.423 e. The van der Waals surface area contributed by atoms with Crippen LogP contribution in [-0.2, 0) is 0 Å². The molecule has 0 saturated carbocycles. The molecular formula is C5O5. The van der Waals surface area contributed by atoms with Gasteiger partial charge in [-0.2, -0.15) is 0 Å². The van der Waals surface area contributed by atoms with Gasteiger partial charge in [0.25, 0.3) is 5.43 Å². The molecule has 2 rings (SSSR count). The second-order valence-electron chi connectivity index (χ2n) is 1.77. The first kappa shape index (κ1) is 5.16. The average molecular weight is 140 g/mol. The van der Waals surface area contributed by atoms with Crippen molar-refractivity contribution in [2.45, 2.75) is 0 Å². The molecule has 5 heteroatoms. The summed E-state index contributed by atoms with van der Waals surface area (Å²) in [7, 11) is 0. The molecule has 50 valence electrons. The van der Waals surface area contributed by atoms with Gasteiger partial charge < -0.3 is 8.83 Å². The molecule has 1 aromatic heterocycles. The summed E-state index contributed by atoms with van der Waals surface area (Å²) in [5, 5.41) is 0. The minimum Gasteiger partial charge on any atom is -0.410 e. The lowest BCUT2D eigenvalue weighted by atomic mass is 10.9. The van der Waals surface area contributed by atoms with E-state index < -0.39 is 16.7 Å². The molecule has 0 aliphatic heterocycles. The average Bonchev–Trinajstić information content (AvgIpc) is 2.46. The van der Waals surface area contributed by atoms with Gasteiger partial charge in [0, 0.05) is 0 Å². The molecule has 0 saturated heterocycles. The first-order chi connectivity index (χ1) is 4.70. The summed E-state index contributed by atoms with van der Waals surface area (Å²) < 4.78 is 8.40. The van der Waals surface area contributed by atoms with Crippen molar-refractivity contribution < 1.29 is 8.83 Å². The summed E-state index contributed by atoms with van der Waals surface area (Å²) in [6, 6.07) is 0. The van der Waals surface area contributed by atoms with Crippen molar-refractivity contribution in [2.24, 2.45) is 0 Å². The van der Waals surface area contributed by atoms with Crippen LogP contribution >= 0.6 is 0 Å². The summed E-state index contributed by atoms with van der Waals surface area (Å²) in [5.41, 5.74) is -3.04. The van der Waals surface area contributed by atoms with E-state index in [1.807, 2.05) is 0 Å². The second kappa shape index (κ2) is 1.26. The topological polar surface area (TPSA) is 77.5 Å². The van der Waals surface area contributed by atoms with Crippen LogP contribution < -0.4 is 16.7 Å². The largest absolute Gasteiger partial charge is 0.423 e. The maximum atomic E-state index is 10.4. The standard InChI is InChI=1S/C5O5/c6-1-2-3(1)10-5(8)4(7)9-2. The Balaban J connectivity index is 3.14. The van der Waals surface area contributed by atoms with Crippen LogP contribution in [0.15, 0.2) is 23.2 Å². The normalized spacial score (nSPS) is 11.2. The van der Waals surface area contributed by atoms with Crippen LogP contribution in [0.3, 0.4) is 0 Å². The van der Waals surface area contributed by atoms with Crippen molar-refractivity contribution in [1.29, 1.82) is 0 Å². The Hall–Kier alpha value is -1.65. The lowest BCUT2D eigenvalue weighted by Gasteiger charge is -1.70. The molecule has 0 atom stereocenters. The molecule has 0 N–H and O–H groups in total. The highest BCUT2D eigenvalue weighted by atomic mass is 16.5. The Kier molecular flexibility index (Phi) is 0.649. The van der Waals surface area contributed by atoms with Gasteiger partial charge in [-0.3, -0.25) is 4.79 Å². The van der Waals surface area contributed by atoms with Gasteiger partial charge in [0.05, 0.1) is 0 Å². The van der Waals surface area contributed by atoms with Crippen molar-refractivity contribution >= 4 is 11.2 Å². The number of hydrogen-bond acceptors (Lipinski definition) is 5. The zero-order chi connectivity index (χ0) is 7.30. The smallest absolute Gasteiger partial charge is 0.410 e. The van der Waals surface area contributed by atoms with Crippen molar-refractivity contribution in [2.75, 3.05) is 0 Å². The molecule has 0 bridgehead atoms. The van der Waals surface area contributed by atoms with E-state index in [2.05, 4.69) is 8.83 Å². The Morgan fingerprint density at radius 2 is 1.20 bits per heavy atom. The fraction of sp³-hybridized carbons (Fsp3) is 0. The lowest BCUT2D eigenvalue weighted by molar-refractivity contribution is 0.463. The highest BCUT2D eigenvalue weighted by Gasteiger charge is 2.21. The van der Waals surface area contributed by atoms with Crippen LogP contribution in [-0.4, -0.2) is 0 Å². The van der Waals surface area contributed by atoms with E-state index in [0.29, 0.717) is 0 Å². The molecule has 0 radical (unpaired) electrons. The van der Waals surface area contributed by atoms with E-state index in [-0.39, 0.29) is 11.2 Å². The van der Waals surface area contributed by atoms with Gasteiger partial charge in [-0.05, 0) is 0 Å². The Morgan fingerprint density at radius 1 is 0.800 bits per heavy atom. The van der Waals surface area contributed by atoms with Gasteiger partial charge in [-0.25, -0.2) is 9.59 Å². The highest BCUT2D eigenvalue weighted by molar-refractivity contribution is 5.84. The third-order valence-electron chi connectivity index (χ3n) is 1.11. The van der Waals surface area contributed by atoms with Crippen LogP contribution in [0.2, 0.25) is 0 Å². The van der Waals surface area contributed by atoms with Crippen molar-refractivity contribution in [3.05, 3.63) is 31.1 Å². The number of hydrogen-bond donors (Lipinski definition) is 0. The summed E-state index contributed by atoms with van der Waals surface area (Å²) in [5.74, 6) is 0. The number of rotatable bonds is 0. The van der Waals surface area contributed by atoms with Crippen molar-refractivity contribution in [3.63, 3.8) is 0 Å². The minimum absolute atomic E-state index is 0.135. The molecule has 0 unspecified atom stereocenters. The maximum absolute atomic E-state index is 10.4. The Morgan fingerprint density at radius 3 is 1.60 bits per heavy atom. The first-order valence-corrected chi connectivity index (χ1v) is 2.43. The molecule has 10 heavy (non-hydrogen) atoms. The van der Waals surface area contributed by atoms with E-state index in [1.165, 1.54) is 0 Å². The van der Waals surface area contributed by atoms with Gasteiger partial charge in [0.15, 0.2) is 0 Å². The van der Waals surface area contributed by atoms with Crippen molar-refractivity contribution in [3.8, 4) is 0 Å². The Bertz CT molecular complexity index is 459. The SMILES string of the molecule is O=c1oc2c(=O)c2oc1=O. The van der Waals surface area contributed by atoms with E-state index in [9.17, 15) is 14.4 Å². The minimum atomic E-state index is -1.13. The van der Waals surface area contributed by atoms with Crippen LogP contribution in [0.5, 0.6) is 0 Å². The van der Waals surface area contributed by atoms with Gasteiger partial charge in [-0.1, -0.05) is 0 Å². The first-order valence-electron chi connectivity index (χ1n) is 2.43. The number of fused-ring (bicyclic) bond motifs is 1. The monoisotopic (exact) mass is 140 g/mol. The lowest BCUT2D eigenvalue weighted by Crippen LogP contribution is -2.19. The summed E-state index contributed by atoms with van der Waals surface area (Å²) in [4.78, 5) is 31.0. The van der Waals surface area contributed by atoms with Crippen LogP contribution in [0.1, 0.15) is 0 Å². The molecule has 1 aromatic carbocycles. The predicted molar refractivity (Wildman–Crippen MR) is 29.7 cm³/mol. The van der Waals surface area contributed by atoms with Crippen LogP contribution in [0.25, 0.3) is 11.2 Å². The van der Waals surface area contributed by atoms with E-state index in [0.717, 1.165) is 0 Å². The predicted octanol–water partition coefficient (Wildman–Crippen LogP) is -1.02. The fourth-order valence-corrected chi connectivity index (χ4v) is 0.593. The molecule has 0 spiro atoms. The van der Waals surface area contributed by atoms with Gasteiger partial charge >= 0.3 is 11.3 Å². The van der Waals surface area contributed by atoms with E-state index in [4.69, 9.17) is 0 Å². The van der Waals surface area contributed by atoms with Crippen LogP contribution in [0, 0.1) is 0 Å². The zero-order valence-corrected chi connectivity index (χ0v) is 4.54. The quantitative estimate of drug-likeness (QED) is 0.438. The van der Waals surface area contributed by atoms with Gasteiger partial charge in [-0.15, -0.1) is 0 Å². The third kappa shape index (κ3) is 0.439. The summed E-state index contributed by atoms with van der Waals surface area (Å²) in [6.45, 7) is 0. The molecule has 0 amide bonds. The molecular weight excluding hydrogens is 140 g/mol. The fourth-order valence-electron chi connectivity index (χ4n) is 0.593. The summed E-state index contributed by atoms with van der Waals surface area (Å²) >= 11 is 0. The summed E-state index contributed by atoms with van der Waals surface area (Å²) in [6.07, 6.45) is 0. The Labute approximate surface area is 52.2 Å². The molecule has 2 aromatic rings. The molecule has 0 fully saturated rings. The highest BCUT2D eigenvalue weighted by Crippen LogP contribution is 2.06. The van der Waals surface area contributed by atoms with E-state index in [1.54, 1.807) is 0 Å². The second-order valence-corrected chi connectivity index (χ2v) is 1.77. The van der Waals surface area contributed by atoms with Gasteiger partial charge in [0.1, 0.15) is 0 Å². The third-order valence-corrected chi connectivity index (χ3v) is 1.11. The van der Waals surface area contributed by atoms with Crippen molar-refractivity contribution in [1.82, 2.24) is 0 Å². The van der Waals surface area contributed by atoms with Gasteiger partial charge in [0.2, 0.25) is 11.2 Å². The van der Waals surface area contributed by atoms with E-state index >= 15 is 0 Å².